The van der Waals surface area contributed by atoms with Gasteiger partial charge in [-0.25, -0.2) is 0 Å². The van der Waals surface area contributed by atoms with E-state index in [4.69, 9.17) is 0 Å². The SMILES string of the molecule is c1ccc(-c2c(-c3ccccc3)c3cc(-c4ccc(N(c5ccc(-c6cccc7c6sc6ccccc67)cc5)c5cccc(-c6cccc7ccccc67)c5)cc4)ccc3c3ccccc23)cc1. The number of rotatable bonds is 8. The molecular formula is C66H43NS. The van der Waals surface area contributed by atoms with Crippen LogP contribution >= 0.6 is 11.3 Å². The molecule has 68 heavy (non-hydrogen) atoms. The summed E-state index contributed by atoms with van der Waals surface area (Å²) in [5.41, 5.74) is 15.5. The monoisotopic (exact) mass is 881 g/mol. The molecule has 12 aromatic carbocycles. The Morgan fingerprint density at radius 1 is 0.250 bits per heavy atom. The highest BCUT2D eigenvalue weighted by Gasteiger charge is 2.20. The van der Waals surface area contributed by atoms with Crippen LogP contribution in [0.4, 0.5) is 17.1 Å². The number of anilines is 3. The molecule has 0 aliphatic heterocycles. The molecule has 2 heteroatoms. The van der Waals surface area contributed by atoms with Crippen molar-refractivity contribution in [2.75, 3.05) is 4.90 Å². The van der Waals surface area contributed by atoms with E-state index in [9.17, 15) is 0 Å². The van der Waals surface area contributed by atoms with Gasteiger partial charge in [0.05, 0.1) is 0 Å². The van der Waals surface area contributed by atoms with Gasteiger partial charge in [0.15, 0.2) is 0 Å². The van der Waals surface area contributed by atoms with Crippen molar-refractivity contribution < 1.29 is 0 Å². The lowest BCUT2D eigenvalue weighted by atomic mass is 9.84. The molecule has 13 aromatic rings. The first-order valence-electron chi connectivity index (χ1n) is 23.3. The van der Waals surface area contributed by atoms with Crippen molar-refractivity contribution in [2.24, 2.45) is 0 Å². The van der Waals surface area contributed by atoms with Crippen LogP contribution in [0, 0.1) is 0 Å². The summed E-state index contributed by atoms with van der Waals surface area (Å²) < 4.78 is 2.64. The quantitative estimate of drug-likeness (QED) is 0.137. The topological polar surface area (TPSA) is 3.24 Å². The molecule has 0 amide bonds. The molecule has 1 nitrogen and oxygen atoms in total. The standard InChI is InChI=1S/C66H43NS/c1-3-17-47(18-4-1)64-60-27-10-9-25-57(60)58-41-36-49(43-62(58)65(64)48-19-5-2-6-20-48)44-32-37-51(38-33-44)67(53-23-13-22-50(42-53)55-28-14-21-45-16-7-8-24-54(45)55)52-39-34-46(35-40-52)56-29-15-30-61-59-26-11-12-31-63(59)68-66(56)61/h1-43H. The average molecular weight is 882 g/mol. The Hall–Kier alpha value is -8.56. The van der Waals surface area contributed by atoms with Gasteiger partial charge in [-0.1, -0.05) is 212 Å². The lowest BCUT2D eigenvalue weighted by Gasteiger charge is -2.26. The Balaban J connectivity index is 0.945. The third-order valence-electron chi connectivity index (χ3n) is 13.7. The van der Waals surface area contributed by atoms with Crippen molar-refractivity contribution >= 4 is 80.9 Å². The molecule has 0 aliphatic carbocycles. The molecule has 1 heterocycles. The second-order valence-electron chi connectivity index (χ2n) is 17.6. The molecule has 0 aliphatic rings. The molecule has 0 saturated heterocycles. The Morgan fingerprint density at radius 2 is 0.765 bits per heavy atom. The van der Waals surface area contributed by atoms with E-state index in [1.54, 1.807) is 0 Å². The Morgan fingerprint density at radius 3 is 1.51 bits per heavy atom. The zero-order valence-electron chi connectivity index (χ0n) is 37.2. The summed E-state index contributed by atoms with van der Waals surface area (Å²) in [6.07, 6.45) is 0. The van der Waals surface area contributed by atoms with E-state index in [1.165, 1.54) is 108 Å². The Kier molecular flexibility index (Phi) is 9.77. The van der Waals surface area contributed by atoms with Crippen LogP contribution in [0.2, 0.25) is 0 Å². The van der Waals surface area contributed by atoms with Crippen LogP contribution in [0.1, 0.15) is 0 Å². The van der Waals surface area contributed by atoms with Crippen molar-refractivity contribution in [3.63, 3.8) is 0 Å². The lowest BCUT2D eigenvalue weighted by Crippen LogP contribution is -2.10. The highest BCUT2D eigenvalue weighted by molar-refractivity contribution is 7.26. The zero-order valence-corrected chi connectivity index (χ0v) is 38.0. The molecule has 0 N–H and O–H groups in total. The molecule has 318 valence electrons. The van der Waals surface area contributed by atoms with Crippen LogP contribution in [0.15, 0.2) is 261 Å². The predicted octanol–water partition coefficient (Wildman–Crippen LogP) is 19.3. The van der Waals surface area contributed by atoms with Crippen LogP contribution in [0.5, 0.6) is 0 Å². The largest absolute Gasteiger partial charge is 0.310 e. The van der Waals surface area contributed by atoms with Crippen LogP contribution < -0.4 is 4.90 Å². The van der Waals surface area contributed by atoms with Gasteiger partial charge in [0.2, 0.25) is 0 Å². The van der Waals surface area contributed by atoms with E-state index in [-0.39, 0.29) is 0 Å². The molecule has 0 bridgehead atoms. The first kappa shape index (κ1) is 39.8. The second kappa shape index (κ2) is 16.7. The number of nitrogens with zero attached hydrogens (tertiary/aromatic N) is 1. The van der Waals surface area contributed by atoms with Crippen LogP contribution in [-0.4, -0.2) is 0 Å². The summed E-state index contributed by atoms with van der Waals surface area (Å²) in [7, 11) is 0. The summed E-state index contributed by atoms with van der Waals surface area (Å²) >= 11 is 1.88. The third kappa shape index (κ3) is 6.85. The lowest BCUT2D eigenvalue weighted by molar-refractivity contribution is 1.28. The van der Waals surface area contributed by atoms with Crippen molar-refractivity contribution in [3.05, 3.63) is 261 Å². The summed E-state index contributed by atoms with van der Waals surface area (Å²) in [6, 6.07) is 95.7. The Bertz CT molecular complexity index is 3990. The van der Waals surface area contributed by atoms with Gasteiger partial charge in [-0.05, 0) is 136 Å². The fourth-order valence-corrected chi connectivity index (χ4v) is 11.7. The second-order valence-corrected chi connectivity index (χ2v) is 18.6. The van der Waals surface area contributed by atoms with Gasteiger partial charge in [0, 0.05) is 37.2 Å². The maximum atomic E-state index is 2.41. The van der Waals surface area contributed by atoms with Gasteiger partial charge in [-0.15, -0.1) is 11.3 Å². The molecule has 0 saturated carbocycles. The number of benzene rings is 12. The number of thiophene rings is 1. The first-order chi connectivity index (χ1) is 33.7. The van der Waals surface area contributed by atoms with Gasteiger partial charge >= 0.3 is 0 Å². The van der Waals surface area contributed by atoms with Crippen molar-refractivity contribution in [3.8, 4) is 55.6 Å². The summed E-state index contributed by atoms with van der Waals surface area (Å²) in [4.78, 5) is 2.40. The molecule has 1 aromatic heterocycles. The van der Waals surface area contributed by atoms with E-state index in [1.807, 2.05) is 11.3 Å². The van der Waals surface area contributed by atoms with Gasteiger partial charge in [-0.2, -0.15) is 0 Å². The molecule has 0 radical (unpaired) electrons. The number of hydrogen-bond acceptors (Lipinski definition) is 2. The van der Waals surface area contributed by atoms with Crippen molar-refractivity contribution in [2.45, 2.75) is 0 Å². The molecule has 0 spiro atoms. The molecular weight excluding hydrogens is 839 g/mol. The summed E-state index contributed by atoms with van der Waals surface area (Å²) in [5.74, 6) is 0. The van der Waals surface area contributed by atoms with Crippen molar-refractivity contribution in [1.82, 2.24) is 0 Å². The van der Waals surface area contributed by atoms with Crippen LogP contribution in [0.25, 0.3) is 108 Å². The zero-order chi connectivity index (χ0) is 45.0. The van der Waals surface area contributed by atoms with Gasteiger partial charge in [-0.3, -0.25) is 0 Å². The van der Waals surface area contributed by atoms with Gasteiger partial charge < -0.3 is 4.90 Å². The minimum Gasteiger partial charge on any atom is -0.310 e. The molecule has 0 atom stereocenters. The first-order valence-corrected chi connectivity index (χ1v) is 24.1. The molecule has 0 unspecified atom stereocenters. The van der Waals surface area contributed by atoms with Crippen molar-refractivity contribution in [1.29, 1.82) is 0 Å². The number of fused-ring (bicyclic) bond motifs is 7. The average Bonchev–Trinajstić information content (AvgIpc) is 3.80. The van der Waals surface area contributed by atoms with E-state index < -0.39 is 0 Å². The highest BCUT2D eigenvalue weighted by Crippen LogP contribution is 2.47. The maximum absolute atomic E-state index is 2.41. The van der Waals surface area contributed by atoms with Crippen LogP contribution in [-0.2, 0) is 0 Å². The highest BCUT2D eigenvalue weighted by atomic mass is 32.1. The van der Waals surface area contributed by atoms with Crippen LogP contribution in [0.3, 0.4) is 0 Å². The fraction of sp³-hybridized carbons (Fsp3) is 0. The minimum absolute atomic E-state index is 1.09. The van der Waals surface area contributed by atoms with E-state index in [0.717, 1.165) is 17.1 Å². The van der Waals surface area contributed by atoms with Gasteiger partial charge in [0.1, 0.15) is 0 Å². The summed E-state index contributed by atoms with van der Waals surface area (Å²) in [5, 5.41) is 10.1. The van der Waals surface area contributed by atoms with Gasteiger partial charge in [0.25, 0.3) is 0 Å². The predicted molar refractivity (Wildman–Crippen MR) is 294 cm³/mol. The fourth-order valence-electron chi connectivity index (χ4n) is 10.5. The maximum Gasteiger partial charge on any atom is 0.0467 e. The third-order valence-corrected chi connectivity index (χ3v) is 14.9. The smallest absolute Gasteiger partial charge is 0.0467 e. The molecule has 13 rings (SSSR count). The number of hydrogen-bond donors (Lipinski definition) is 0. The Labute approximate surface area is 400 Å². The van der Waals surface area contributed by atoms with E-state index >= 15 is 0 Å². The summed E-state index contributed by atoms with van der Waals surface area (Å²) in [6.45, 7) is 0. The van der Waals surface area contributed by atoms with E-state index in [2.05, 4.69) is 266 Å². The van der Waals surface area contributed by atoms with E-state index in [0.29, 0.717) is 0 Å². The normalized spacial score (nSPS) is 11.5. The molecule has 0 fully saturated rings. The minimum atomic E-state index is 1.09.